The highest BCUT2D eigenvalue weighted by Crippen LogP contribution is 2.39. The molecule has 0 aromatic heterocycles. The molecule has 4 heteroatoms. The molecule has 1 spiro atoms. The fraction of sp³-hybridized carbons (Fsp3) is 0.909. The Morgan fingerprint density at radius 3 is 2.87 bits per heavy atom. The zero-order chi connectivity index (χ0) is 10.3. The summed E-state index contributed by atoms with van der Waals surface area (Å²) in [7, 11) is 0. The van der Waals surface area contributed by atoms with E-state index in [1.807, 2.05) is 5.01 Å². The van der Waals surface area contributed by atoms with Crippen LogP contribution in [0, 0.1) is 5.92 Å². The molecule has 3 rings (SSSR count). The number of rotatable bonds is 2. The Bertz CT molecular complexity index is 269. The Hall–Kier alpha value is -0.610. The molecular formula is C11H19N3O. The molecule has 0 bridgehead atoms. The minimum atomic E-state index is 0.170. The van der Waals surface area contributed by atoms with Gasteiger partial charge in [-0.25, -0.2) is 5.43 Å². The van der Waals surface area contributed by atoms with Gasteiger partial charge in [0.15, 0.2) is 0 Å². The minimum absolute atomic E-state index is 0.170. The summed E-state index contributed by atoms with van der Waals surface area (Å²) in [5.74, 6) is 0.957. The third-order valence-corrected chi connectivity index (χ3v) is 4.08. The molecular weight excluding hydrogens is 190 g/mol. The second-order valence-corrected chi connectivity index (χ2v) is 5.29. The first kappa shape index (κ1) is 9.60. The maximum absolute atomic E-state index is 11.8. The van der Waals surface area contributed by atoms with Crippen LogP contribution in [-0.2, 0) is 4.79 Å². The average molecular weight is 209 g/mol. The average Bonchev–Trinajstić information content (AvgIpc) is 2.74. The van der Waals surface area contributed by atoms with Gasteiger partial charge in [-0.2, -0.15) is 0 Å². The fourth-order valence-corrected chi connectivity index (χ4v) is 2.94. The lowest BCUT2D eigenvalue weighted by Crippen LogP contribution is -2.51. The van der Waals surface area contributed by atoms with Crippen LogP contribution in [0.25, 0.3) is 0 Å². The summed E-state index contributed by atoms with van der Waals surface area (Å²) < 4.78 is 0. The molecule has 15 heavy (non-hydrogen) atoms. The van der Waals surface area contributed by atoms with E-state index in [9.17, 15) is 4.79 Å². The van der Waals surface area contributed by atoms with Crippen LogP contribution in [0.2, 0.25) is 0 Å². The van der Waals surface area contributed by atoms with Crippen molar-refractivity contribution < 1.29 is 4.79 Å². The van der Waals surface area contributed by atoms with Gasteiger partial charge in [0.25, 0.3) is 0 Å². The summed E-state index contributed by atoms with van der Waals surface area (Å²) in [6.45, 7) is 3.07. The van der Waals surface area contributed by atoms with Gasteiger partial charge in [0.05, 0.1) is 0 Å². The summed E-state index contributed by atoms with van der Waals surface area (Å²) in [5.41, 5.74) is 3.61. The Balaban J connectivity index is 1.59. The van der Waals surface area contributed by atoms with Gasteiger partial charge in [-0.05, 0) is 44.7 Å². The molecule has 0 radical (unpaired) electrons. The van der Waals surface area contributed by atoms with Crippen LogP contribution >= 0.6 is 0 Å². The van der Waals surface area contributed by atoms with Crippen molar-refractivity contribution in [1.29, 1.82) is 0 Å². The third-order valence-electron chi connectivity index (χ3n) is 4.08. The van der Waals surface area contributed by atoms with Crippen LogP contribution in [0.15, 0.2) is 0 Å². The largest absolute Gasteiger partial charge is 0.316 e. The van der Waals surface area contributed by atoms with Gasteiger partial charge in [0, 0.05) is 18.5 Å². The van der Waals surface area contributed by atoms with Crippen molar-refractivity contribution in [3.8, 4) is 0 Å². The lowest BCUT2D eigenvalue weighted by Gasteiger charge is -2.38. The maximum Gasteiger partial charge on any atom is 0.238 e. The van der Waals surface area contributed by atoms with Crippen molar-refractivity contribution in [2.45, 2.75) is 37.6 Å². The first-order valence-corrected chi connectivity index (χ1v) is 6.06. The fourth-order valence-electron chi connectivity index (χ4n) is 2.94. The normalized spacial score (nSPS) is 33.7. The van der Waals surface area contributed by atoms with Crippen LogP contribution in [0.3, 0.4) is 0 Å². The van der Waals surface area contributed by atoms with E-state index in [0.717, 1.165) is 26.1 Å². The van der Waals surface area contributed by atoms with Crippen LogP contribution in [0.1, 0.15) is 32.1 Å². The maximum atomic E-state index is 11.8. The molecule has 1 saturated carbocycles. The monoisotopic (exact) mass is 209 g/mol. The van der Waals surface area contributed by atoms with Gasteiger partial charge in [-0.15, -0.1) is 0 Å². The van der Waals surface area contributed by atoms with Gasteiger partial charge >= 0.3 is 0 Å². The van der Waals surface area contributed by atoms with E-state index in [-0.39, 0.29) is 5.54 Å². The van der Waals surface area contributed by atoms with Crippen molar-refractivity contribution in [2.75, 3.05) is 19.6 Å². The van der Waals surface area contributed by atoms with Crippen LogP contribution in [0.5, 0.6) is 0 Å². The highest BCUT2D eigenvalue weighted by Gasteiger charge is 2.47. The third kappa shape index (κ3) is 1.66. The molecule has 1 atom stereocenters. The van der Waals surface area contributed by atoms with E-state index < -0.39 is 0 Å². The van der Waals surface area contributed by atoms with Gasteiger partial charge in [0.2, 0.25) is 5.91 Å². The molecule has 3 fully saturated rings. The second kappa shape index (κ2) is 3.46. The molecule has 2 aliphatic heterocycles. The zero-order valence-corrected chi connectivity index (χ0v) is 9.09. The molecule has 84 valence electrons. The van der Waals surface area contributed by atoms with Crippen molar-refractivity contribution in [3.63, 3.8) is 0 Å². The predicted molar refractivity (Wildman–Crippen MR) is 57.0 cm³/mol. The first-order chi connectivity index (χ1) is 7.27. The molecule has 2 N–H and O–H groups in total. The lowest BCUT2D eigenvalue weighted by atomic mass is 9.76. The van der Waals surface area contributed by atoms with Crippen LogP contribution in [0.4, 0.5) is 0 Å². The topological polar surface area (TPSA) is 44.4 Å². The van der Waals surface area contributed by atoms with E-state index in [0.29, 0.717) is 11.8 Å². The Labute approximate surface area is 90.4 Å². The summed E-state index contributed by atoms with van der Waals surface area (Å²) in [6, 6.07) is 0. The number of amides is 1. The molecule has 4 nitrogen and oxygen atoms in total. The molecule has 2 saturated heterocycles. The van der Waals surface area contributed by atoms with Crippen molar-refractivity contribution >= 4 is 5.91 Å². The van der Waals surface area contributed by atoms with E-state index in [2.05, 4.69) is 10.7 Å². The molecule has 0 aromatic rings. The zero-order valence-electron chi connectivity index (χ0n) is 9.09. The second-order valence-electron chi connectivity index (χ2n) is 5.29. The van der Waals surface area contributed by atoms with E-state index in [1.54, 1.807) is 0 Å². The number of nitrogens with zero attached hydrogens (tertiary/aromatic N) is 1. The van der Waals surface area contributed by atoms with Crippen molar-refractivity contribution in [1.82, 2.24) is 15.8 Å². The van der Waals surface area contributed by atoms with Gasteiger partial charge in [0.1, 0.15) is 0 Å². The summed E-state index contributed by atoms with van der Waals surface area (Å²) in [5, 5.41) is 5.23. The quantitative estimate of drug-likeness (QED) is 0.685. The smallest absolute Gasteiger partial charge is 0.238 e. The number of hydrazine groups is 1. The van der Waals surface area contributed by atoms with Gasteiger partial charge in [-0.3, -0.25) is 9.80 Å². The summed E-state index contributed by atoms with van der Waals surface area (Å²) in [4.78, 5) is 11.8. The summed E-state index contributed by atoms with van der Waals surface area (Å²) in [6.07, 6.45) is 5.57. The van der Waals surface area contributed by atoms with E-state index >= 15 is 0 Å². The minimum Gasteiger partial charge on any atom is -0.316 e. The molecule has 1 unspecified atom stereocenters. The number of carbonyl (C=O) groups excluding carboxylic acids is 1. The van der Waals surface area contributed by atoms with Crippen LogP contribution in [-0.4, -0.2) is 36.1 Å². The van der Waals surface area contributed by atoms with Gasteiger partial charge in [-0.1, -0.05) is 0 Å². The molecule has 0 aromatic carbocycles. The Kier molecular flexibility index (Phi) is 2.21. The highest BCUT2D eigenvalue weighted by molar-refractivity contribution is 5.79. The van der Waals surface area contributed by atoms with E-state index in [1.165, 1.54) is 25.7 Å². The molecule has 1 aliphatic carbocycles. The van der Waals surface area contributed by atoms with Crippen LogP contribution < -0.4 is 10.7 Å². The molecule has 2 heterocycles. The lowest BCUT2D eigenvalue weighted by molar-refractivity contribution is -0.130. The summed E-state index contributed by atoms with van der Waals surface area (Å²) >= 11 is 0. The highest BCUT2D eigenvalue weighted by atomic mass is 16.2. The Morgan fingerprint density at radius 1 is 1.47 bits per heavy atom. The SMILES string of the molecule is O=C1CC2(CCC2)NN1CC1CCNC1. The molecule has 1 amide bonds. The standard InChI is InChI=1S/C11H19N3O/c15-10-6-11(3-1-4-11)13-14(10)8-9-2-5-12-7-9/h9,12-13H,1-8H2. The first-order valence-electron chi connectivity index (χ1n) is 6.06. The molecule has 3 aliphatic rings. The number of hydrogen-bond donors (Lipinski definition) is 2. The van der Waals surface area contributed by atoms with Crippen molar-refractivity contribution in [3.05, 3.63) is 0 Å². The predicted octanol–water partition coefficient (Wildman–Crippen LogP) is 0.255. The van der Waals surface area contributed by atoms with Crippen molar-refractivity contribution in [2.24, 2.45) is 5.92 Å². The van der Waals surface area contributed by atoms with E-state index in [4.69, 9.17) is 0 Å². The Morgan fingerprint density at radius 2 is 2.33 bits per heavy atom. The van der Waals surface area contributed by atoms with Gasteiger partial charge < -0.3 is 5.32 Å². The number of nitrogens with one attached hydrogen (secondary N) is 2. The number of carbonyl (C=O) groups is 1. The number of hydrogen-bond acceptors (Lipinski definition) is 3.